The van der Waals surface area contributed by atoms with E-state index >= 15 is 0 Å². The van der Waals surface area contributed by atoms with E-state index in [2.05, 4.69) is 72.9 Å². The summed E-state index contributed by atoms with van der Waals surface area (Å²) in [5.41, 5.74) is 17.5. The number of nitrogens with zero attached hydrogens (tertiary/aromatic N) is 1. The number of rotatable bonds is 7. The SMILES string of the molecule is CCO.Cc1cc(C)cc(Oc2cc(C)c(-c3csc(N)n3)c(C)c2)c1.Cc1cc(C)cc(Oc2cc(C)c(C(=O)CBr)c(C)c2)c1. The second kappa shape index (κ2) is 17.3. The fourth-order valence-corrected chi connectivity index (χ4v) is 6.37. The molecule has 6 nitrogen and oxygen atoms in total. The number of carbonyl (C=O) groups is 1. The first-order valence-corrected chi connectivity index (χ1v) is 17.4. The first-order valence-electron chi connectivity index (χ1n) is 15.4. The minimum atomic E-state index is 0.1000. The standard InChI is InChI=1S/C19H20N2OS.C18H19BrO2.C2H6O/c1-11-5-12(2)7-15(6-11)22-16-8-13(3)18(14(4)9-16)17-10-23-19(20)21-17;1-11-5-12(2)7-15(6-11)21-16-8-13(3)18(14(4)9-16)17(20)10-19;1-2-3/h5-10H,1-4H3,(H2,20,21);5-9H,10H2,1-4H3;3H,2H2,1H3. The number of ketones is 1. The van der Waals surface area contributed by atoms with E-state index in [1.807, 2.05) is 69.5 Å². The van der Waals surface area contributed by atoms with Gasteiger partial charge in [-0.2, -0.15) is 0 Å². The van der Waals surface area contributed by atoms with Crippen molar-refractivity contribution in [1.29, 1.82) is 0 Å². The summed E-state index contributed by atoms with van der Waals surface area (Å²) in [6.45, 7) is 18.2. The monoisotopic (exact) mass is 716 g/mol. The van der Waals surface area contributed by atoms with Crippen molar-refractivity contribution in [1.82, 2.24) is 4.98 Å². The number of anilines is 1. The lowest BCUT2D eigenvalue weighted by Crippen LogP contribution is -2.06. The fraction of sp³-hybridized carbons (Fsp3) is 0.282. The highest BCUT2D eigenvalue weighted by molar-refractivity contribution is 9.09. The van der Waals surface area contributed by atoms with Gasteiger partial charge in [-0.25, -0.2) is 4.98 Å². The van der Waals surface area contributed by atoms with Gasteiger partial charge in [0, 0.05) is 23.1 Å². The average Bonchev–Trinajstić information content (AvgIpc) is 3.37. The lowest BCUT2D eigenvalue weighted by Gasteiger charge is -2.13. The smallest absolute Gasteiger partial charge is 0.180 e. The van der Waals surface area contributed by atoms with Crippen molar-refractivity contribution in [3.8, 4) is 34.3 Å². The molecule has 0 radical (unpaired) electrons. The van der Waals surface area contributed by atoms with Crippen LogP contribution in [0.1, 0.15) is 61.8 Å². The number of hydrogen-bond donors (Lipinski definition) is 2. The summed E-state index contributed by atoms with van der Waals surface area (Å²) in [4.78, 5) is 16.3. The van der Waals surface area contributed by atoms with Crippen LogP contribution in [0.4, 0.5) is 5.13 Å². The van der Waals surface area contributed by atoms with E-state index in [4.69, 9.17) is 20.3 Å². The zero-order valence-electron chi connectivity index (χ0n) is 28.7. The van der Waals surface area contributed by atoms with E-state index < -0.39 is 0 Å². The lowest BCUT2D eigenvalue weighted by molar-refractivity contribution is 0.102. The molecule has 47 heavy (non-hydrogen) atoms. The molecule has 3 N–H and O–H groups in total. The number of carbonyl (C=O) groups excluding carboxylic acids is 1. The highest BCUT2D eigenvalue weighted by Crippen LogP contribution is 2.34. The van der Waals surface area contributed by atoms with Gasteiger partial charge in [0.2, 0.25) is 0 Å². The predicted molar refractivity (Wildman–Crippen MR) is 200 cm³/mol. The number of hydrogen-bond acceptors (Lipinski definition) is 7. The number of aliphatic hydroxyl groups excluding tert-OH is 1. The molecule has 0 saturated heterocycles. The van der Waals surface area contributed by atoms with Gasteiger partial charge in [0.1, 0.15) is 23.0 Å². The molecule has 0 amide bonds. The molecule has 8 heteroatoms. The van der Waals surface area contributed by atoms with Crippen LogP contribution < -0.4 is 15.2 Å². The van der Waals surface area contributed by atoms with Crippen LogP contribution in [0.3, 0.4) is 0 Å². The molecule has 0 fully saturated rings. The third kappa shape index (κ3) is 10.8. The Morgan fingerprint density at radius 2 is 1.06 bits per heavy atom. The maximum absolute atomic E-state index is 11.9. The number of aryl methyl sites for hydroxylation is 8. The number of nitrogens with two attached hydrogens (primary N) is 1. The van der Waals surface area contributed by atoms with Crippen molar-refractivity contribution >= 4 is 38.2 Å². The minimum absolute atomic E-state index is 0.1000. The normalized spacial score (nSPS) is 10.4. The Hall–Kier alpha value is -3.98. The number of aromatic nitrogens is 1. The van der Waals surface area contributed by atoms with E-state index in [-0.39, 0.29) is 12.4 Å². The van der Waals surface area contributed by atoms with Crippen molar-refractivity contribution in [2.24, 2.45) is 0 Å². The van der Waals surface area contributed by atoms with Gasteiger partial charge >= 0.3 is 0 Å². The van der Waals surface area contributed by atoms with E-state index in [0.29, 0.717) is 10.5 Å². The molecule has 5 rings (SSSR count). The van der Waals surface area contributed by atoms with Crippen molar-refractivity contribution in [2.45, 2.75) is 62.3 Å². The number of alkyl halides is 1. The number of ether oxygens (including phenoxy) is 2. The lowest BCUT2D eigenvalue weighted by atomic mass is 9.99. The fourth-order valence-electron chi connectivity index (χ4n) is 5.53. The first-order chi connectivity index (χ1) is 22.2. The molecule has 0 atom stereocenters. The van der Waals surface area contributed by atoms with E-state index in [9.17, 15) is 4.79 Å². The zero-order valence-corrected chi connectivity index (χ0v) is 31.2. The van der Waals surface area contributed by atoms with E-state index in [1.165, 1.54) is 33.6 Å². The van der Waals surface area contributed by atoms with Crippen LogP contribution in [0, 0.1) is 55.4 Å². The molecule has 0 saturated carbocycles. The van der Waals surface area contributed by atoms with Crippen molar-refractivity contribution in [3.63, 3.8) is 0 Å². The Bertz CT molecular complexity index is 1760. The largest absolute Gasteiger partial charge is 0.457 e. The van der Waals surface area contributed by atoms with Crippen LogP contribution in [-0.2, 0) is 0 Å². The number of aliphatic hydroxyl groups is 1. The highest BCUT2D eigenvalue weighted by Gasteiger charge is 2.14. The molecule has 0 aliphatic rings. The first kappa shape index (κ1) is 37.5. The minimum Gasteiger partial charge on any atom is -0.457 e. The number of halogens is 1. The van der Waals surface area contributed by atoms with Gasteiger partial charge in [-0.15, -0.1) is 11.3 Å². The van der Waals surface area contributed by atoms with Gasteiger partial charge in [0.15, 0.2) is 10.9 Å². The van der Waals surface area contributed by atoms with Gasteiger partial charge < -0.3 is 20.3 Å². The summed E-state index contributed by atoms with van der Waals surface area (Å²) < 4.78 is 12.0. The number of nitrogen functional groups attached to an aromatic ring is 1. The molecule has 1 heterocycles. The Kier molecular flexibility index (Phi) is 13.8. The molecule has 0 spiro atoms. The summed E-state index contributed by atoms with van der Waals surface area (Å²) >= 11 is 4.69. The van der Waals surface area contributed by atoms with Crippen molar-refractivity contribution < 1.29 is 19.4 Å². The molecule has 0 unspecified atom stereocenters. The van der Waals surface area contributed by atoms with E-state index in [0.717, 1.165) is 62.1 Å². The summed E-state index contributed by atoms with van der Waals surface area (Å²) in [5, 5.41) is 10.5. The summed E-state index contributed by atoms with van der Waals surface area (Å²) in [7, 11) is 0. The molecule has 1 aromatic heterocycles. The van der Waals surface area contributed by atoms with Crippen LogP contribution in [0.5, 0.6) is 23.0 Å². The van der Waals surface area contributed by atoms with Crippen LogP contribution in [0.2, 0.25) is 0 Å². The Morgan fingerprint density at radius 1 is 0.702 bits per heavy atom. The Balaban J connectivity index is 0.000000237. The molecule has 0 aliphatic heterocycles. The molecule has 0 aliphatic carbocycles. The maximum atomic E-state index is 11.9. The van der Waals surface area contributed by atoms with Gasteiger partial charge in [0.05, 0.1) is 11.0 Å². The predicted octanol–water partition coefficient (Wildman–Crippen LogP) is 10.7. The number of Topliss-reactive ketones (excluding diaryl/α,β-unsaturated/α-hetero) is 1. The average molecular weight is 718 g/mol. The molecule has 0 bridgehead atoms. The molecule has 5 aromatic rings. The van der Waals surface area contributed by atoms with Crippen molar-refractivity contribution in [2.75, 3.05) is 17.7 Å². The van der Waals surface area contributed by atoms with Gasteiger partial charge in [-0.05, 0) is 155 Å². The summed E-state index contributed by atoms with van der Waals surface area (Å²) in [6, 6.07) is 20.3. The quantitative estimate of drug-likeness (QED) is 0.129. The maximum Gasteiger partial charge on any atom is 0.180 e. The van der Waals surface area contributed by atoms with E-state index in [1.54, 1.807) is 6.92 Å². The topological polar surface area (TPSA) is 94.7 Å². The number of thiazole rings is 1. The van der Waals surface area contributed by atoms with Crippen LogP contribution >= 0.6 is 27.3 Å². The molecule has 248 valence electrons. The molecule has 4 aromatic carbocycles. The molecular formula is C39H45BrN2O4S. The highest BCUT2D eigenvalue weighted by atomic mass is 79.9. The van der Waals surface area contributed by atoms with Gasteiger partial charge in [-0.3, -0.25) is 4.79 Å². The van der Waals surface area contributed by atoms with Gasteiger partial charge in [0.25, 0.3) is 0 Å². The van der Waals surface area contributed by atoms with Crippen LogP contribution in [0.15, 0.2) is 66.0 Å². The van der Waals surface area contributed by atoms with Crippen molar-refractivity contribution in [3.05, 3.63) is 116 Å². The van der Waals surface area contributed by atoms with Gasteiger partial charge in [-0.1, -0.05) is 28.1 Å². The Morgan fingerprint density at radius 3 is 1.40 bits per heavy atom. The number of benzene rings is 4. The summed E-state index contributed by atoms with van der Waals surface area (Å²) in [6.07, 6.45) is 0. The Labute approximate surface area is 291 Å². The third-order valence-electron chi connectivity index (χ3n) is 7.05. The summed E-state index contributed by atoms with van der Waals surface area (Å²) in [5.74, 6) is 3.40. The third-order valence-corrected chi connectivity index (χ3v) is 8.24. The second-order valence-electron chi connectivity index (χ2n) is 11.7. The zero-order chi connectivity index (χ0) is 34.8. The molecular weight excluding hydrogens is 672 g/mol. The second-order valence-corrected chi connectivity index (χ2v) is 13.1. The van der Waals surface area contributed by atoms with Crippen LogP contribution in [0.25, 0.3) is 11.3 Å². The van der Waals surface area contributed by atoms with Crippen LogP contribution in [-0.4, -0.2) is 27.8 Å².